The van der Waals surface area contributed by atoms with E-state index in [0.29, 0.717) is 41.1 Å². The summed E-state index contributed by atoms with van der Waals surface area (Å²) in [6, 6.07) is 14.2. The van der Waals surface area contributed by atoms with Crippen molar-refractivity contribution in [1.82, 2.24) is 15.0 Å². The van der Waals surface area contributed by atoms with E-state index in [2.05, 4.69) is 15.5 Å². The molecule has 2 amide bonds. The molecule has 2 aromatic carbocycles. The SMILES string of the molecule is CC(=O)Nc1ccc(-c2noc([C@@H]3CCCN(C(=O)c4ccc(Cl)cc4)C3)n2)cc1. The summed E-state index contributed by atoms with van der Waals surface area (Å²) >= 11 is 5.92. The van der Waals surface area contributed by atoms with Gasteiger partial charge in [0.1, 0.15) is 0 Å². The summed E-state index contributed by atoms with van der Waals surface area (Å²) in [6.07, 6.45) is 1.75. The Kier molecular flexibility index (Phi) is 5.81. The maximum Gasteiger partial charge on any atom is 0.253 e. The first-order chi connectivity index (χ1) is 14.5. The van der Waals surface area contributed by atoms with Gasteiger partial charge in [0, 0.05) is 41.9 Å². The molecule has 1 aromatic heterocycles. The summed E-state index contributed by atoms with van der Waals surface area (Å²) in [5.74, 6) is 0.865. The topological polar surface area (TPSA) is 88.3 Å². The van der Waals surface area contributed by atoms with Crippen molar-refractivity contribution >= 4 is 29.1 Å². The van der Waals surface area contributed by atoms with Crippen LogP contribution in [-0.4, -0.2) is 39.9 Å². The molecule has 0 bridgehead atoms. The molecule has 0 saturated carbocycles. The number of carbonyl (C=O) groups is 2. The lowest BCUT2D eigenvalue weighted by Crippen LogP contribution is -2.39. The molecule has 0 aliphatic carbocycles. The van der Waals surface area contributed by atoms with Crippen LogP contribution in [0, 0.1) is 0 Å². The van der Waals surface area contributed by atoms with Crippen molar-refractivity contribution in [2.24, 2.45) is 0 Å². The van der Waals surface area contributed by atoms with E-state index >= 15 is 0 Å². The lowest BCUT2D eigenvalue weighted by molar-refractivity contribution is -0.114. The van der Waals surface area contributed by atoms with Crippen molar-refractivity contribution in [3.8, 4) is 11.4 Å². The highest BCUT2D eigenvalue weighted by Gasteiger charge is 2.29. The first-order valence-corrected chi connectivity index (χ1v) is 10.1. The summed E-state index contributed by atoms with van der Waals surface area (Å²) < 4.78 is 5.52. The number of hydrogen-bond donors (Lipinski definition) is 1. The van der Waals surface area contributed by atoms with Crippen LogP contribution < -0.4 is 5.32 Å². The average molecular weight is 425 g/mol. The average Bonchev–Trinajstić information content (AvgIpc) is 3.24. The molecule has 1 aliphatic heterocycles. The largest absolute Gasteiger partial charge is 0.339 e. The maximum absolute atomic E-state index is 12.8. The minimum absolute atomic E-state index is 0.00472. The number of anilines is 1. The zero-order valence-electron chi connectivity index (χ0n) is 16.5. The molecule has 1 fully saturated rings. The third-order valence-electron chi connectivity index (χ3n) is 5.05. The molecule has 0 spiro atoms. The highest BCUT2D eigenvalue weighted by molar-refractivity contribution is 6.30. The Hall–Kier alpha value is -3.19. The Labute approximate surface area is 179 Å². The molecule has 4 rings (SSSR count). The summed E-state index contributed by atoms with van der Waals surface area (Å²) in [4.78, 5) is 30.3. The number of benzene rings is 2. The molecule has 1 saturated heterocycles. The van der Waals surface area contributed by atoms with Gasteiger partial charge in [0.2, 0.25) is 17.6 Å². The maximum atomic E-state index is 12.8. The van der Waals surface area contributed by atoms with Crippen LogP contribution in [-0.2, 0) is 4.79 Å². The van der Waals surface area contributed by atoms with Crippen molar-refractivity contribution < 1.29 is 14.1 Å². The predicted octanol–water partition coefficient (Wildman–Crippen LogP) is 4.37. The van der Waals surface area contributed by atoms with Crippen LogP contribution in [0.25, 0.3) is 11.4 Å². The van der Waals surface area contributed by atoms with Crippen LogP contribution in [0.4, 0.5) is 5.69 Å². The van der Waals surface area contributed by atoms with Gasteiger partial charge >= 0.3 is 0 Å². The number of rotatable bonds is 4. The fourth-order valence-electron chi connectivity index (χ4n) is 3.56. The second-order valence-corrected chi connectivity index (χ2v) is 7.75. The van der Waals surface area contributed by atoms with Gasteiger partial charge in [-0.2, -0.15) is 4.98 Å². The number of halogens is 1. The molecule has 1 atom stereocenters. The quantitative estimate of drug-likeness (QED) is 0.671. The molecule has 3 aromatic rings. The van der Waals surface area contributed by atoms with Gasteiger partial charge in [-0.1, -0.05) is 16.8 Å². The van der Waals surface area contributed by atoms with Crippen molar-refractivity contribution in [3.63, 3.8) is 0 Å². The van der Waals surface area contributed by atoms with E-state index in [4.69, 9.17) is 16.1 Å². The Morgan fingerprint density at radius 2 is 1.87 bits per heavy atom. The molecular weight excluding hydrogens is 404 g/mol. The first kappa shape index (κ1) is 20.1. The van der Waals surface area contributed by atoms with E-state index < -0.39 is 0 Å². The number of nitrogens with zero attached hydrogens (tertiary/aromatic N) is 3. The summed E-state index contributed by atoms with van der Waals surface area (Å²) in [7, 11) is 0. The Morgan fingerprint density at radius 3 is 2.57 bits per heavy atom. The van der Waals surface area contributed by atoms with E-state index in [-0.39, 0.29) is 17.7 Å². The molecule has 0 radical (unpaired) electrons. The lowest BCUT2D eigenvalue weighted by Gasteiger charge is -2.31. The van der Waals surface area contributed by atoms with Gasteiger partial charge in [-0.3, -0.25) is 9.59 Å². The summed E-state index contributed by atoms with van der Waals surface area (Å²) in [6.45, 7) is 2.69. The Balaban J connectivity index is 1.45. The second-order valence-electron chi connectivity index (χ2n) is 7.31. The van der Waals surface area contributed by atoms with Gasteiger partial charge in [0.25, 0.3) is 5.91 Å². The van der Waals surface area contributed by atoms with Gasteiger partial charge in [-0.05, 0) is 61.4 Å². The zero-order chi connectivity index (χ0) is 21.1. The van der Waals surface area contributed by atoms with Gasteiger partial charge in [-0.25, -0.2) is 0 Å². The van der Waals surface area contributed by atoms with Gasteiger partial charge in [0.15, 0.2) is 0 Å². The third-order valence-corrected chi connectivity index (χ3v) is 5.31. The zero-order valence-corrected chi connectivity index (χ0v) is 17.2. The number of carbonyl (C=O) groups excluding carboxylic acids is 2. The number of nitrogens with one attached hydrogen (secondary N) is 1. The van der Waals surface area contributed by atoms with Crippen LogP contribution in [0.15, 0.2) is 53.1 Å². The smallest absolute Gasteiger partial charge is 0.253 e. The van der Waals surface area contributed by atoms with E-state index in [1.165, 1.54) is 6.92 Å². The fourth-order valence-corrected chi connectivity index (χ4v) is 3.69. The predicted molar refractivity (Wildman–Crippen MR) is 113 cm³/mol. The van der Waals surface area contributed by atoms with E-state index in [1.807, 2.05) is 17.0 Å². The molecule has 1 aliphatic rings. The Morgan fingerprint density at radius 1 is 1.13 bits per heavy atom. The summed E-state index contributed by atoms with van der Waals surface area (Å²) in [5, 5.41) is 7.43. The third kappa shape index (κ3) is 4.52. The van der Waals surface area contributed by atoms with Crippen molar-refractivity contribution in [2.75, 3.05) is 18.4 Å². The lowest BCUT2D eigenvalue weighted by atomic mass is 9.97. The molecule has 30 heavy (non-hydrogen) atoms. The van der Waals surface area contributed by atoms with Crippen LogP contribution in [0.3, 0.4) is 0 Å². The first-order valence-electron chi connectivity index (χ1n) is 9.76. The monoisotopic (exact) mass is 424 g/mol. The number of piperidine rings is 1. The normalized spacial score (nSPS) is 16.3. The van der Waals surface area contributed by atoms with E-state index in [0.717, 1.165) is 18.4 Å². The summed E-state index contributed by atoms with van der Waals surface area (Å²) in [5.41, 5.74) is 2.12. The van der Waals surface area contributed by atoms with Crippen LogP contribution >= 0.6 is 11.6 Å². The van der Waals surface area contributed by atoms with Gasteiger partial charge in [-0.15, -0.1) is 0 Å². The molecule has 7 nitrogen and oxygen atoms in total. The molecule has 1 N–H and O–H groups in total. The van der Waals surface area contributed by atoms with E-state index in [1.54, 1.807) is 36.4 Å². The number of amides is 2. The highest BCUT2D eigenvalue weighted by Crippen LogP contribution is 2.29. The standard InChI is InChI=1S/C22H21ClN4O3/c1-14(28)24-19-10-6-15(7-11-19)20-25-21(30-26-20)17-3-2-12-27(13-17)22(29)16-4-8-18(23)9-5-16/h4-11,17H,2-3,12-13H2,1H3,(H,24,28)/t17-/m1/s1. The van der Waals surface area contributed by atoms with Gasteiger partial charge in [0.05, 0.1) is 5.92 Å². The van der Waals surface area contributed by atoms with E-state index in [9.17, 15) is 9.59 Å². The van der Waals surface area contributed by atoms with Crippen LogP contribution in [0.5, 0.6) is 0 Å². The van der Waals surface area contributed by atoms with Crippen molar-refractivity contribution in [2.45, 2.75) is 25.7 Å². The van der Waals surface area contributed by atoms with Crippen LogP contribution in [0.1, 0.15) is 41.9 Å². The minimum atomic E-state index is -0.125. The number of likely N-dealkylation sites (tertiary alicyclic amines) is 1. The molecule has 8 heteroatoms. The van der Waals surface area contributed by atoms with Crippen LogP contribution in [0.2, 0.25) is 5.02 Å². The Bertz CT molecular complexity index is 1050. The van der Waals surface area contributed by atoms with Gasteiger partial charge < -0.3 is 14.7 Å². The molecule has 2 heterocycles. The fraction of sp³-hybridized carbons (Fsp3) is 0.273. The number of aromatic nitrogens is 2. The molecular formula is C22H21ClN4O3. The van der Waals surface area contributed by atoms with Crippen molar-refractivity contribution in [1.29, 1.82) is 0 Å². The van der Waals surface area contributed by atoms with Crippen molar-refractivity contribution in [3.05, 3.63) is 65.0 Å². The minimum Gasteiger partial charge on any atom is -0.339 e. The second kappa shape index (κ2) is 8.67. The number of hydrogen-bond acceptors (Lipinski definition) is 5. The molecule has 0 unspecified atom stereocenters. The molecule has 154 valence electrons. The highest BCUT2D eigenvalue weighted by atomic mass is 35.5.